The maximum Gasteiger partial charge on any atom is 0.384 e. The lowest BCUT2D eigenvalue weighted by molar-refractivity contribution is -0.384. The fourth-order valence-electron chi connectivity index (χ4n) is 2.67. The summed E-state index contributed by atoms with van der Waals surface area (Å²) in [5, 5.41) is 13.9. The molecule has 0 saturated heterocycles. The predicted octanol–water partition coefficient (Wildman–Crippen LogP) is 3.90. The predicted molar refractivity (Wildman–Crippen MR) is 107 cm³/mol. The molecule has 0 bridgehead atoms. The van der Waals surface area contributed by atoms with Gasteiger partial charge < -0.3 is 18.8 Å². The molecule has 0 aliphatic carbocycles. The van der Waals surface area contributed by atoms with Gasteiger partial charge in [0, 0.05) is 39.3 Å². The number of rotatable bonds is 9. The molecule has 0 radical (unpaired) electrons. The third-order valence-corrected chi connectivity index (χ3v) is 5.98. The van der Waals surface area contributed by atoms with E-state index in [-0.39, 0.29) is 29.3 Å². The molecular weight excluding hydrogens is 397 g/mol. The van der Waals surface area contributed by atoms with Crippen molar-refractivity contribution in [2.75, 3.05) is 19.5 Å². The zero-order valence-electron chi connectivity index (χ0n) is 15.9. The Morgan fingerprint density at radius 1 is 1.07 bits per heavy atom. The van der Waals surface area contributed by atoms with Gasteiger partial charge in [-0.1, -0.05) is 42.5 Å². The van der Waals surface area contributed by atoms with E-state index in [1.165, 1.54) is 26.4 Å². The molecule has 0 aliphatic heterocycles. The molecular formula is C19H20N3O6P. The molecule has 3 rings (SSSR count). The first-order valence-electron chi connectivity index (χ1n) is 8.68. The SMILES string of the molecule is COP(=O)(OC)c1nc(Cc2ccc([N+](=O)[O-])cc2)oc1NCc1ccccc1. The number of hydrogen-bond acceptors (Lipinski definition) is 8. The van der Waals surface area contributed by atoms with Crippen molar-refractivity contribution < 1.29 is 23.0 Å². The van der Waals surface area contributed by atoms with E-state index >= 15 is 0 Å². The smallest absolute Gasteiger partial charge is 0.384 e. The Hall–Kier alpha value is -3.00. The first-order chi connectivity index (χ1) is 13.9. The van der Waals surface area contributed by atoms with Crippen LogP contribution in [0.3, 0.4) is 0 Å². The number of nitrogens with one attached hydrogen (secondary N) is 1. The Kier molecular flexibility index (Phi) is 6.43. The summed E-state index contributed by atoms with van der Waals surface area (Å²) in [6.45, 7) is 0.424. The highest BCUT2D eigenvalue weighted by molar-refractivity contribution is 7.62. The second-order valence-corrected chi connectivity index (χ2v) is 8.21. The zero-order valence-corrected chi connectivity index (χ0v) is 16.8. The summed E-state index contributed by atoms with van der Waals surface area (Å²) in [4.78, 5) is 14.6. The van der Waals surface area contributed by atoms with Crippen LogP contribution in [0.25, 0.3) is 0 Å². The van der Waals surface area contributed by atoms with Gasteiger partial charge in [-0.2, -0.15) is 0 Å². The molecule has 9 nitrogen and oxygen atoms in total. The van der Waals surface area contributed by atoms with Crippen LogP contribution in [0.4, 0.5) is 11.6 Å². The van der Waals surface area contributed by atoms with Gasteiger partial charge in [0.2, 0.25) is 17.2 Å². The summed E-state index contributed by atoms with van der Waals surface area (Å²) in [5.41, 5.74) is 1.80. The Bertz CT molecular complexity index is 1010. The molecule has 0 fully saturated rings. The molecule has 0 atom stereocenters. The van der Waals surface area contributed by atoms with Crippen molar-refractivity contribution in [1.29, 1.82) is 0 Å². The molecule has 2 aromatic carbocycles. The summed E-state index contributed by atoms with van der Waals surface area (Å²) in [5.74, 6) is 0.469. The molecule has 0 amide bonds. The van der Waals surface area contributed by atoms with E-state index in [0.29, 0.717) is 6.54 Å². The molecule has 0 saturated carbocycles. The van der Waals surface area contributed by atoms with Crippen molar-refractivity contribution in [3.63, 3.8) is 0 Å². The molecule has 1 heterocycles. The molecule has 0 unspecified atom stereocenters. The highest BCUT2D eigenvalue weighted by Crippen LogP contribution is 2.47. The van der Waals surface area contributed by atoms with Gasteiger partial charge in [0.1, 0.15) is 0 Å². The maximum absolute atomic E-state index is 12.9. The van der Waals surface area contributed by atoms with Gasteiger partial charge in [0.15, 0.2) is 0 Å². The Balaban J connectivity index is 1.87. The van der Waals surface area contributed by atoms with Crippen molar-refractivity contribution in [1.82, 2.24) is 4.98 Å². The van der Waals surface area contributed by atoms with Crippen LogP contribution in [0, 0.1) is 10.1 Å². The maximum atomic E-state index is 12.9. The van der Waals surface area contributed by atoms with Gasteiger partial charge in [-0.3, -0.25) is 14.7 Å². The molecule has 29 heavy (non-hydrogen) atoms. The van der Waals surface area contributed by atoms with Gasteiger partial charge in [-0.25, -0.2) is 4.98 Å². The minimum atomic E-state index is -3.65. The lowest BCUT2D eigenvalue weighted by Gasteiger charge is -2.12. The fourth-order valence-corrected chi connectivity index (χ4v) is 3.77. The normalized spacial score (nSPS) is 11.4. The van der Waals surface area contributed by atoms with Crippen molar-refractivity contribution in [3.8, 4) is 0 Å². The van der Waals surface area contributed by atoms with Crippen LogP contribution in [0.5, 0.6) is 0 Å². The highest BCUT2D eigenvalue weighted by atomic mass is 31.2. The third kappa shape index (κ3) is 4.89. The average Bonchev–Trinajstić information content (AvgIpc) is 3.16. The number of oxazole rings is 1. The van der Waals surface area contributed by atoms with E-state index in [2.05, 4.69) is 10.3 Å². The van der Waals surface area contributed by atoms with Crippen LogP contribution in [-0.2, 0) is 26.6 Å². The number of hydrogen-bond donors (Lipinski definition) is 1. The molecule has 1 aromatic heterocycles. The quantitative estimate of drug-likeness (QED) is 0.317. The van der Waals surface area contributed by atoms with Crippen molar-refractivity contribution in [3.05, 3.63) is 81.7 Å². The third-order valence-electron chi connectivity index (χ3n) is 4.19. The average molecular weight is 417 g/mol. The topological polar surface area (TPSA) is 117 Å². The van der Waals surface area contributed by atoms with Crippen molar-refractivity contribution >= 4 is 24.6 Å². The molecule has 1 N–H and O–H groups in total. The summed E-state index contributed by atoms with van der Waals surface area (Å²) < 4.78 is 28.8. The standard InChI is InChI=1S/C19H20N3O6P/c1-26-29(25,27-2)19-18(20-13-15-6-4-3-5-7-15)28-17(21-19)12-14-8-10-16(11-9-14)22(23)24/h3-11,20H,12-13H2,1-2H3. The lowest BCUT2D eigenvalue weighted by atomic mass is 10.1. The van der Waals surface area contributed by atoms with E-state index in [1.54, 1.807) is 12.1 Å². The summed E-state index contributed by atoms with van der Waals surface area (Å²) in [7, 11) is -1.11. The fraction of sp³-hybridized carbons (Fsp3) is 0.211. The molecule has 10 heteroatoms. The first kappa shape index (κ1) is 20.7. The number of nitro groups is 1. The van der Waals surface area contributed by atoms with Gasteiger partial charge in [0.05, 0.1) is 4.92 Å². The van der Waals surface area contributed by atoms with E-state index in [0.717, 1.165) is 11.1 Å². The van der Waals surface area contributed by atoms with Crippen molar-refractivity contribution in [2.24, 2.45) is 0 Å². The first-order valence-corrected chi connectivity index (χ1v) is 10.2. The van der Waals surface area contributed by atoms with Crippen LogP contribution < -0.4 is 10.8 Å². The van der Waals surface area contributed by atoms with E-state index < -0.39 is 12.5 Å². The lowest BCUT2D eigenvalue weighted by Crippen LogP contribution is -2.15. The largest absolute Gasteiger partial charge is 0.424 e. The van der Waals surface area contributed by atoms with Gasteiger partial charge in [-0.15, -0.1) is 0 Å². The number of nitrogens with zero attached hydrogens (tertiary/aromatic N) is 2. The Morgan fingerprint density at radius 3 is 2.31 bits per heavy atom. The van der Waals surface area contributed by atoms with Crippen LogP contribution in [0.1, 0.15) is 17.0 Å². The van der Waals surface area contributed by atoms with Crippen LogP contribution in [0.15, 0.2) is 59.0 Å². The molecule has 0 aliphatic rings. The number of non-ortho nitro benzene ring substituents is 1. The second kappa shape index (κ2) is 9.00. The summed E-state index contributed by atoms with van der Waals surface area (Å²) in [6.07, 6.45) is 0.255. The van der Waals surface area contributed by atoms with E-state index in [9.17, 15) is 14.7 Å². The highest BCUT2D eigenvalue weighted by Gasteiger charge is 2.34. The van der Waals surface area contributed by atoms with Gasteiger partial charge in [0.25, 0.3) is 5.69 Å². The monoisotopic (exact) mass is 417 g/mol. The van der Waals surface area contributed by atoms with Gasteiger partial charge in [-0.05, 0) is 11.1 Å². The molecule has 0 spiro atoms. The summed E-state index contributed by atoms with van der Waals surface area (Å²) >= 11 is 0. The number of anilines is 1. The number of benzene rings is 2. The van der Waals surface area contributed by atoms with E-state index in [1.807, 2.05) is 30.3 Å². The minimum Gasteiger partial charge on any atom is -0.424 e. The number of aromatic nitrogens is 1. The molecule has 3 aromatic rings. The minimum absolute atomic E-state index is 0.00433. The van der Waals surface area contributed by atoms with E-state index in [4.69, 9.17) is 13.5 Å². The Morgan fingerprint density at radius 2 is 1.72 bits per heavy atom. The van der Waals surface area contributed by atoms with Crippen molar-refractivity contribution in [2.45, 2.75) is 13.0 Å². The second-order valence-electron chi connectivity index (χ2n) is 6.06. The van der Waals surface area contributed by atoms with Crippen LogP contribution in [-0.4, -0.2) is 24.1 Å². The number of nitro benzene ring substituents is 1. The Labute approximate surface area is 167 Å². The zero-order chi connectivity index (χ0) is 20.9. The van der Waals surface area contributed by atoms with Gasteiger partial charge >= 0.3 is 7.60 Å². The van der Waals surface area contributed by atoms with Crippen LogP contribution in [0.2, 0.25) is 0 Å². The molecule has 152 valence electrons. The summed E-state index contributed by atoms with van der Waals surface area (Å²) in [6, 6.07) is 15.7. The van der Waals surface area contributed by atoms with Crippen LogP contribution >= 0.6 is 7.60 Å².